The molecule has 0 bridgehead atoms. The second-order valence-electron chi connectivity index (χ2n) is 8.87. The Hall–Kier alpha value is -1.44. The van der Waals surface area contributed by atoms with Crippen molar-refractivity contribution in [3.05, 3.63) is 35.4 Å². The minimum atomic E-state index is -3.34. The van der Waals surface area contributed by atoms with E-state index in [0.29, 0.717) is 5.92 Å². The topological polar surface area (TPSA) is 69.7 Å². The van der Waals surface area contributed by atoms with Crippen LogP contribution in [0.3, 0.4) is 0 Å². The molecule has 0 saturated carbocycles. The number of sulfonamides is 1. The van der Waals surface area contributed by atoms with Crippen LogP contribution in [-0.4, -0.2) is 63.1 Å². The maximum atomic E-state index is 12.4. The average molecular weight is 408 g/mol. The first-order chi connectivity index (χ1) is 13.2. The van der Waals surface area contributed by atoms with Gasteiger partial charge in [0.2, 0.25) is 15.9 Å². The third-order valence-electron chi connectivity index (χ3n) is 6.07. The summed E-state index contributed by atoms with van der Waals surface area (Å²) in [4.78, 5) is 16.7. The zero-order valence-corrected chi connectivity index (χ0v) is 18.1. The van der Waals surface area contributed by atoms with E-state index in [1.54, 1.807) is 0 Å². The fourth-order valence-electron chi connectivity index (χ4n) is 4.50. The van der Waals surface area contributed by atoms with Crippen LogP contribution in [0.2, 0.25) is 0 Å². The van der Waals surface area contributed by atoms with Crippen LogP contribution < -0.4 is 4.72 Å². The quantitative estimate of drug-likeness (QED) is 0.785. The predicted octanol–water partition coefficient (Wildman–Crippen LogP) is 2.17. The maximum absolute atomic E-state index is 12.4. The molecule has 7 heteroatoms. The first-order valence-corrected chi connectivity index (χ1v) is 12.1. The van der Waals surface area contributed by atoms with E-state index in [-0.39, 0.29) is 17.9 Å². The van der Waals surface area contributed by atoms with Crippen molar-refractivity contribution in [3.8, 4) is 0 Å². The van der Waals surface area contributed by atoms with Gasteiger partial charge in [-0.1, -0.05) is 38.1 Å². The smallest absolute Gasteiger partial charge is 0.237 e. The number of benzene rings is 1. The lowest BCUT2D eigenvalue weighted by Gasteiger charge is -2.40. The molecule has 1 aromatic rings. The molecule has 1 atom stereocenters. The molecule has 28 heavy (non-hydrogen) atoms. The highest BCUT2D eigenvalue weighted by Gasteiger charge is 2.42. The van der Waals surface area contributed by atoms with Crippen molar-refractivity contribution in [2.24, 2.45) is 5.41 Å². The number of hydrogen-bond donors (Lipinski definition) is 1. The van der Waals surface area contributed by atoms with Gasteiger partial charge in [-0.2, -0.15) is 0 Å². The molecule has 2 heterocycles. The van der Waals surface area contributed by atoms with Crippen molar-refractivity contribution in [2.45, 2.75) is 45.6 Å². The first kappa shape index (κ1) is 21.3. The van der Waals surface area contributed by atoms with Gasteiger partial charge < -0.3 is 4.90 Å². The molecule has 2 aliphatic rings. The molecule has 0 unspecified atom stereocenters. The van der Waals surface area contributed by atoms with Crippen molar-refractivity contribution in [1.82, 2.24) is 14.5 Å². The molecular weight excluding hydrogens is 374 g/mol. The summed E-state index contributed by atoms with van der Waals surface area (Å²) in [7, 11) is -3.34. The van der Waals surface area contributed by atoms with Crippen molar-refractivity contribution in [1.29, 1.82) is 0 Å². The van der Waals surface area contributed by atoms with E-state index in [1.807, 2.05) is 4.90 Å². The summed E-state index contributed by atoms with van der Waals surface area (Å²) < 4.78 is 24.8. The average Bonchev–Trinajstić information content (AvgIpc) is 3.03. The number of likely N-dealkylation sites (tertiary alicyclic amines) is 2. The predicted molar refractivity (Wildman–Crippen MR) is 112 cm³/mol. The van der Waals surface area contributed by atoms with E-state index >= 15 is 0 Å². The molecule has 2 aliphatic heterocycles. The largest absolute Gasteiger partial charge is 0.341 e. The number of hydrogen-bond acceptors (Lipinski definition) is 4. The summed E-state index contributed by atoms with van der Waals surface area (Å²) in [5.74, 6) is 0.426. The lowest BCUT2D eigenvalue weighted by atomic mass is 9.79. The summed E-state index contributed by atoms with van der Waals surface area (Å²) >= 11 is 0. The van der Waals surface area contributed by atoms with Gasteiger partial charge in [0.05, 0.1) is 12.8 Å². The lowest BCUT2D eigenvalue weighted by molar-refractivity contribution is -0.129. The third kappa shape index (κ3) is 5.55. The molecule has 0 aromatic heterocycles. The molecule has 0 radical (unpaired) electrons. The third-order valence-corrected chi connectivity index (χ3v) is 6.74. The summed E-state index contributed by atoms with van der Waals surface area (Å²) in [5, 5.41) is 0. The SMILES string of the molecule is CC(C)c1ccc(CN2CCC[C@]3(CCN(C(=O)CNS(C)(=O)=O)C3)C2)cc1. The van der Waals surface area contributed by atoms with E-state index in [0.717, 1.165) is 58.2 Å². The molecule has 1 aromatic carbocycles. The van der Waals surface area contributed by atoms with Crippen LogP contribution in [0.5, 0.6) is 0 Å². The second-order valence-corrected chi connectivity index (χ2v) is 10.7. The Morgan fingerprint density at radius 2 is 1.86 bits per heavy atom. The summed E-state index contributed by atoms with van der Waals surface area (Å²) in [6, 6.07) is 8.92. The number of rotatable bonds is 6. The van der Waals surface area contributed by atoms with Gasteiger partial charge in [-0.3, -0.25) is 9.69 Å². The Bertz CT molecular complexity index is 792. The Balaban J connectivity index is 1.56. The highest BCUT2D eigenvalue weighted by atomic mass is 32.2. The van der Waals surface area contributed by atoms with Gasteiger partial charge in [0.1, 0.15) is 0 Å². The van der Waals surface area contributed by atoms with Crippen LogP contribution in [-0.2, 0) is 21.4 Å². The van der Waals surface area contributed by atoms with Gasteiger partial charge in [-0.15, -0.1) is 0 Å². The molecule has 6 nitrogen and oxygen atoms in total. The lowest BCUT2D eigenvalue weighted by Crippen LogP contribution is -2.46. The van der Waals surface area contributed by atoms with E-state index in [4.69, 9.17) is 0 Å². The molecule has 1 amide bonds. The summed E-state index contributed by atoms with van der Waals surface area (Å²) in [5.41, 5.74) is 2.85. The minimum Gasteiger partial charge on any atom is -0.341 e. The highest BCUT2D eigenvalue weighted by molar-refractivity contribution is 7.88. The van der Waals surface area contributed by atoms with Crippen LogP contribution in [0, 0.1) is 5.41 Å². The monoisotopic (exact) mass is 407 g/mol. The zero-order chi connectivity index (χ0) is 20.4. The molecular formula is C21H33N3O3S. The number of amides is 1. The number of carbonyl (C=O) groups is 1. The van der Waals surface area contributed by atoms with E-state index < -0.39 is 10.0 Å². The Morgan fingerprint density at radius 1 is 1.14 bits per heavy atom. The molecule has 2 fully saturated rings. The van der Waals surface area contributed by atoms with Gasteiger partial charge in [0.25, 0.3) is 0 Å². The molecule has 3 rings (SSSR count). The minimum absolute atomic E-state index is 0.122. The molecule has 0 aliphatic carbocycles. The van der Waals surface area contributed by atoms with Crippen molar-refractivity contribution in [2.75, 3.05) is 39.0 Å². The molecule has 1 N–H and O–H groups in total. The second kappa shape index (κ2) is 8.51. The van der Waals surface area contributed by atoms with Crippen molar-refractivity contribution >= 4 is 15.9 Å². The molecule has 2 saturated heterocycles. The number of nitrogens with zero attached hydrogens (tertiary/aromatic N) is 2. The van der Waals surface area contributed by atoms with E-state index in [2.05, 4.69) is 47.7 Å². The molecule has 156 valence electrons. The van der Waals surface area contributed by atoms with Crippen molar-refractivity contribution < 1.29 is 13.2 Å². The highest BCUT2D eigenvalue weighted by Crippen LogP contribution is 2.39. The number of carbonyl (C=O) groups excluding carboxylic acids is 1. The Kier molecular flexibility index (Phi) is 6.47. The zero-order valence-electron chi connectivity index (χ0n) is 17.3. The molecule has 1 spiro atoms. The van der Waals surface area contributed by atoms with Crippen LogP contribution in [0.25, 0.3) is 0 Å². The standard InChI is InChI=1S/C21H33N3O3S/c1-17(2)19-7-5-18(6-8-19)14-23-11-4-9-21(15-23)10-12-24(16-21)20(25)13-22-28(3,26)27/h5-8,17,22H,4,9-16H2,1-3H3/t21-/m0/s1. The summed E-state index contributed by atoms with van der Waals surface area (Å²) in [6.07, 6.45) is 4.37. The van der Waals surface area contributed by atoms with Gasteiger partial charge in [-0.05, 0) is 42.9 Å². The Labute approximate surface area is 169 Å². The maximum Gasteiger partial charge on any atom is 0.237 e. The van der Waals surface area contributed by atoms with E-state index in [9.17, 15) is 13.2 Å². The van der Waals surface area contributed by atoms with Gasteiger partial charge in [0.15, 0.2) is 0 Å². The van der Waals surface area contributed by atoms with Crippen LogP contribution in [0.4, 0.5) is 0 Å². The normalized spacial score (nSPS) is 23.6. The number of nitrogens with one attached hydrogen (secondary N) is 1. The first-order valence-electron chi connectivity index (χ1n) is 10.2. The van der Waals surface area contributed by atoms with Crippen LogP contribution in [0.15, 0.2) is 24.3 Å². The van der Waals surface area contributed by atoms with Gasteiger partial charge in [0, 0.05) is 31.6 Å². The fraction of sp³-hybridized carbons (Fsp3) is 0.667. The van der Waals surface area contributed by atoms with Gasteiger partial charge in [-0.25, -0.2) is 13.1 Å². The van der Waals surface area contributed by atoms with Gasteiger partial charge >= 0.3 is 0 Å². The van der Waals surface area contributed by atoms with E-state index in [1.165, 1.54) is 11.1 Å². The van der Waals surface area contributed by atoms with Crippen molar-refractivity contribution in [3.63, 3.8) is 0 Å². The summed E-state index contributed by atoms with van der Waals surface area (Å²) in [6.45, 7) is 8.79. The van der Waals surface area contributed by atoms with Crippen LogP contribution in [0.1, 0.15) is 50.2 Å². The van der Waals surface area contributed by atoms with Crippen LogP contribution >= 0.6 is 0 Å². The Morgan fingerprint density at radius 3 is 2.50 bits per heavy atom. The fourth-order valence-corrected chi connectivity index (χ4v) is 4.88. The number of piperidine rings is 1.